The first-order valence-corrected chi connectivity index (χ1v) is 9.04. The lowest BCUT2D eigenvalue weighted by Crippen LogP contribution is -3.00. The molecule has 0 unspecified atom stereocenters. The summed E-state index contributed by atoms with van der Waals surface area (Å²) >= 11 is 1.63. The Labute approximate surface area is 167 Å². The number of nitrogen functional groups attached to an aromatic ring is 1. The summed E-state index contributed by atoms with van der Waals surface area (Å²) in [7, 11) is 0. The highest BCUT2D eigenvalue weighted by Crippen LogP contribution is 2.14. The van der Waals surface area contributed by atoms with Crippen molar-refractivity contribution in [3.63, 3.8) is 0 Å². The van der Waals surface area contributed by atoms with E-state index in [4.69, 9.17) is 10.5 Å². The lowest BCUT2D eigenvalue weighted by Gasteiger charge is -2.04. The highest BCUT2D eigenvalue weighted by Gasteiger charge is 2.18. The Hall–Kier alpha value is -2.58. The Bertz CT molecular complexity index is 917. The van der Waals surface area contributed by atoms with Crippen LogP contribution in [0, 0.1) is 13.8 Å². The van der Waals surface area contributed by atoms with Crippen LogP contribution in [0.25, 0.3) is 0 Å². The van der Waals surface area contributed by atoms with Gasteiger partial charge in [-0.05, 0) is 19.1 Å². The number of hydrogen-bond acceptors (Lipinski definition) is 7. The number of aromatic nitrogens is 4. The van der Waals surface area contributed by atoms with Gasteiger partial charge in [0.1, 0.15) is 11.6 Å². The fourth-order valence-corrected chi connectivity index (χ4v) is 3.44. The van der Waals surface area contributed by atoms with Crippen molar-refractivity contribution >= 4 is 23.1 Å². The maximum absolute atomic E-state index is 11.9. The molecule has 0 bridgehead atoms. The van der Waals surface area contributed by atoms with Crippen LogP contribution in [0.3, 0.4) is 0 Å². The van der Waals surface area contributed by atoms with Crippen molar-refractivity contribution in [1.82, 2.24) is 15.0 Å². The van der Waals surface area contributed by atoms with Gasteiger partial charge in [-0.1, -0.05) is 11.3 Å². The van der Waals surface area contributed by atoms with Gasteiger partial charge in [-0.2, -0.15) is 4.57 Å². The SMILES string of the molecule is Cc1ncc(C[n+]2csc(CCOC(=O)c3cccnc3)c2C)c(N)n1.[Cl-]. The molecular formula is C18H20ClN5O2S. The molecule has 0 aliphatic rings. The highest BCUT2D eigenvalue weighted by atomic mass is 35.5. The average Bonchev–Trinajstić information content (AvgIpc) is 2.98. The summed E-state index contributed by atoms with van der Waals surface area (Å²) in [5.41, 5.74) is 10.5. The molecular weight excluding hydrogens is 386 g/mol. The predicted octanol–water partition coefficient (Wildman–Crippen LogP) is -1.13. The topological polar surface area (TPSA) is 94.9 Å². The molecule has 0 radical (unpaired) electrons. The van der Waals surface area contributed by atoms with Crippen LogP contribution in [0.2, 0.25) is 0 Å². The molecule has 2 N–H and O–H groups in total. The predicted molar refractivity (Wildman–Crippen MR) is 97.8 cm³/mol. The van der Waals surface area contributed by atoms with E-state index in [1.54, 1.807) is 35.9 Å². The standard InChI is InChI=1S/C18H20N5O2S.ClH/c1-12-16(5-7-25-18(24)14-4-3-6-20-8-14)26-11-23(12)10-15-9-21-13(2)22-17(15)19;/h3-4,6,8-9,11H,5,7,10H2,1-2H3,(H2,19,21,22);1H/q+1;/p-1. The van der Waals surface area contributed by atoms with E-state index in [0.29, 0.717) is 36.8 Å². The van der Waals surface area contributed by atoms with Crippen LogP contribution in [-0.4, -0.2) is 27.5 Å². The minimum absolute atomic E-state index is 0. The van der Waals surface area contributed by atoms with Crippen LogP contribution in [0.4, 0.5) is 5.82 Å². The lowest BCUT2D eigenvalue weighted by molar-refractivity contribution is -0.689. The van der Waals surface area contributed by atoms with Gasteiger partial charge in [0, 0.05) is 31.9 Å². The molecule has 7 nitrogen and oxygen atoms in total. The summed E-state index contributed by atoms with van der Waals surface area (Å²) in [6.45, 7) is 4.79. The number of carbonyl (C=O) groups excluding carboxylic acids is 1. The number of rotatable bonds is 6. The number of nitrogens with two attached hydrogens (primary N) is 1. The van der Waals surface area contributed by atoms with Crippen molar-refractivity contribution in [1.29, 1.82) is 0 Å². The Morgan fingerprint density at radius 3 is 2.85 bits per heavy atom. The maximum Gasteiger partial charge on any atom is 0.339 e. The number of thiazole rings is 1. The van der Waals surface area contributed by atoms with E-state index in [0.717, 1.165) is 16.1 Å². The molecule has 0 saturated carbocycles. The largest absolute Gasteiger partial charge is 1.00 e. The average molecular weight is 406 g/mol. The summed E-state index contributed by atoms with van der Waals surface area (Å²) in [6.07, 6.45) is 5.55. The zero-order valence-electron chi connectivity index (χ0n) is 15.1. The highest BCUT2D eigenvalue weighted by molar-refractivity contribution is 7.09. The molecule has 142 valence electrons. The van der Waals surface area contributed by atoms with E-state index in [-0.39, 0.29) is 18.4 Å². The second-order valence-electron chi connectivity index (χ2n) is 5.82. The first kappa shape index (κ1) is 20.7. The Morgan fingerprint density at radius 1 is 1.33 bits per heavy atom. The van der Waals surface area contributed by atoms with Crippen molar-refractivity contribution in [2.45, 2.75) is 26.8 Å². The molecule has 3 aromatic heterocycles. The number of nitrogens with zero attached hydrogens (tertiary/aromatic N) is 4. The summed E-state index contributed by atoms with van der Waals surface area (Å²) in [5.74, 6) is 0.807. The molecule has 0 aliphatic heterocycles. The molecule has 27 heavy (non-hydrogen) atoms. The Balaban J connectivity index is 0.00000261. The molecule has 0 saturated heterocycles. The van der Waals surface area contributed by atoms with Gasteiger partial charge in [-0.15, -0.1) is 0 Å². The number of hydrogen-bond donors (Lipinski definition) is 1. The molecule has 0 amide bonds. The number of halogens is 1. The number of ether oxygens (including phenoxy) is 1. The van der Waals surface area contributed by atoms with Crippen LogP contribution in [-0.2, 0) is 17.7 Å². The summed E-state index contributed by atoms with van der Waals surface area (Å²) in [4.78, 5) is 25.4. The van der Waals surface area contributed by atoms with Crippen LogP contribution in [0.1, 0.15) is 32.3 Å². The molecule has 0 spiro atoms. The molecule has 0 fully saturated rings. The second kappa shape index (κ2) is 9.38. The van der Waals surface area contributed by atoms with Crippen molar-refractivity contribution in [3.8, 4) is 0 Å². The third kappa shape index (κ3) is 5.21. The van der Waals surface area contributed by atoms with E-state index in [2.05, 4.69) is 19.5 Å². The molecule has 0 atom stereocenters. The van der Waals surface area contributed by atoms with E-state index < -0.39 is 0 Å². The van der Waals surface area contributed by atoms with Gasteiger partial charge in [0.05, 0.1) is 22.6 Å². The minimum Gasteiger partial charge on any atom is -1.00 e. The lowest BCUT2D eigenvalue weighted by atomic mass is 10.2. The number of pyridine rings is 1. The zero-order valence-corrected chi connectivity index (χ0v) is 16.6. The first-order chi connectivity index (χ1) is 12.5. The van der Waals surface area contributed by atoms with Crippen LogP contribution in [0.5, 0.6) is 0 Å². The first-order valence-electron chi connectivity index (χ1n) is 8.16. The van der Waals surface area contributed by atoms with Crippen molar-refractivity contribution in [2.24, 2.45) is 0 Å². The van der Waals surface area contributed by atoms with Crippen LogP contribution < -0.4 is 22.7 Å². The van der Waals surface area contributed by atoms with Gasteiger partial charge in [-0.25, -0.2) is 14.8 Å². The number of esters is 1. The van der Waals surface area contributed by atoms with E-state index in [1.165, 1.54) is 6.20 Å². The van der Waals surface area contributed by atoms with Crippen molar-refractivity contribution < 1.29 is 26.5 Å². The Kier molecular flexibility index (Phi) is 7.20. The van der Waals surface area contributed by atoms with E-state index in [1.807, 2.05) is 19.4 Å². The summed E-state index contributed by atoms with van der Waals surface area (Å²) < 4.78 is 7.43. The van der Waals surface area contributed by atoms with Crippen molar-refractivity contribution in [2.75, 3.05) is 12.3 Å². The van der Waals surface area contributed by atoms with E-state index in [9.17, 15) is 4.79 Å². The molecule has 3 aromatic rings. The smallest absolute Gasteiger partial charge is 0.339 e. The quantitative estimate of drug-likeness (QED) is 0.412. The number of anilines is 1. The fourth-order valence-electron chi connectivity index (χ4n) is 2.47. The van der Waals surface area contributed by atoms with Gasteiger partial charge in [0.15, 0.2) is 12.2 Å². The number of carbonyl (C=O) groups is 1. The van der Waals surface area contributed by atoms with Gasteiger partial charge in [-0.3, -0.25) is 4.98 Å². The van der Waals surface area contributed by atoms with Gasteiger partial charge in [0.2, 0.25) is 5.51 Å². The summed E-state index contributed by atoms with van der Waals surface area (Å²) in [5, 5.41) is 0. The normalized spacial score (nSPS) is 10.3. The van der Waals surface area contributed by atoms with Gasteiger partial charge < -0.3 is 22.9 Å². The molecule has 3 heterocycles. The minimum atomic E-state index is -0.357. The van der Waals surface area contributed by atoms with Crippen LogP contribution in [0.15, 0.2) is 36.2 Å². The molecule has 9 heteroatoms. The number of aryl methyl sites for hydroxylation is 1. The molecule has 3 rings (SSSR count). The van der Waals surface area contributed by atoms with Crippen molar-refractivity contribution in [3.05, 3.63) is 63.8 Å². The Morgan fingerprint density at radius 2 is 2.15 bits per heavy atom. The summed E-state index contributed by atoms with van der Waals surface area (Å²) in [6, 6.07) is 3.40. The van der Waals surface area contributed by atoms with Gasteiger partial charge in [0.25, 0.3) is 0 Å². The maximum atomic E-state index is 11.9. The van der Waals surface area contributed by atoms with Crippen LogP contribution >= 0.6 is 11.3 Å². The zero-order chi connectivity index (χ0) is 18.5. The van der Waals surface area contributed by atoms with E-state index >= 15 is 0 Å². The third-order valence-electron chi connectivity index (χ3n) is 3.98. The monoisotopic (exact) mass is 405 g/mol. The fraction of sp³-hybridized carbons (Fsp3) is 0.278. The van der Waals surface area contributed by atoms with Gasteiger partial charge >= 0.3 is 5.97 Å². The second-order valence-corrected chi connectivity index (χ2v) is 6.75. The third-order valence-corrected chi connectivity index (χ3v) is 5.12. The molecule has 0 aliphatic carbocycles. The molecule has 0 aromatic carbocycles.